The summed E-state index contributed by atoms with van der Waals surface area (Å²) in [4.78, 5) is 0. The number of benzene rings is 2. The van der Waals surface area contributed by atoms with Crippen molar-refractivity contribution in [2.45, 2.75) is 25.0 Å². The maximum atomic E-state index is 14.2. The van der Waals surface area contributed by atoms with Gasteiger partial charge in [0, 0.05) is 19.0 Å². The highest BCUT2D eigenvalue weighted by molar-refractivity contribution is 7.88. The molecule has 140 valence electrons. The van der Waals surface area contributed by atoms with E-state index < -0.39 is 10.0 Å². The summed E-state index contributed by atoms with van der Waals surface area (Å²) in [5, 5.41) is 0. The van der Waals surface area contributed by atoms with Crippen molar-refractivity contribution in [2.75, 3.05) is 19.3 Å². The molecule has 0 saturated carbocycles. The third-order valence-electron chi connectivity index (χ3n) is 4.63. The van der Waals surface area contributed by atoms with Crippen LogP contribution in [0.15, 0.2) is 48.5 Å². The number of ether oxygens (including phenoxy) is 1. The molecule has 26 heavy (non-hydrogen) atoms. The molecule has 0 radical (unpaired) electrons. The first-order chi connectivity index (χ1) is 12.4. The maximum Gasteiger partial charge on any atom is 0.211 e. The molecular weight excluding hydrogens is 355 g/mol. The van der Waals surface area contributed by atoms with Crippen molar-refractivity contribution < 1.29 is 17.5 Å². The summed E-state index contributed by atoms with van der Waals surface area (Å²) in [6.45, 7) is 0.897. The van der Waals surface area contributed by atoms with Crippen LogP contribution >= 0.6 is 0 Å². The van der Waals surface area contributed by atoms with E-state index in [0.29, 0.717) is 24.3 Å². The predicted octanol–water partition coefficient (Wildman–Crippen LogP) is 2.48. The summed E-state index contributed by atoms with van der Waals surface area (Å²) in [5.41, 5.74) is 7.11. The Balaban J connectivity index is 1.86. The van der Waals surface area contributed by atoms with Gasteiger partial charge in [-0.05, 0) is 35.7 Å². The zero-order chi connectivity index (χ0) is 18.7. The molecule has 2 atom stereocenters. The Hall–Kier alpha value is -1.96. The molecule has 2 aromatic rings. The van der Waals surface area contributed by atoms with Crippen LogP contribution in [0, 0.1) is 5.82 Å². The third kappa shape index (κ3) is 4.41. The monoisotopic (exact) mass is 378 g/mol. The van der Waals surface area contributed by atoms with Crippen molar-refractivity contribution >= 4 is 10.0 Å². The van der Waals surface area contributed by atoms with Gasteiger partial charge in [-0.1, -0.05) is 30.3 Å². The molecule has 1 heterocycles. The van der Waals surface area contributed by atoms with E-state index >= 15 is 0 Å². The summed E-state index contributed by atoms with van der Waals surface area (Å²) >= 11 is 0. The van der Waals surface area contributed by atoms with E-state index in [0.717, 1.165) is 5.56 Å². The molecule has 2 aromatic carbocycles. The van der Waals surface area contributed by atoms with E-state index in [2.05, 4.69) is 0 Å². The number of sulfonamides is 1. The van der Waals surface area contributed by atoms with Crippen LogP contribution in [0.3, 0.4) is 0 Å². The molecular formula is C19H23FN2O3S. The lowest BCUT2D eigenvalue weighted by Gasteiger charge is -2.36. The second-order valence-electron chi connectivity index (χ2n) is 6.63. The predicted molar refractivity (Wildman–Crippen MR) is 98.9 cm³/mol. The van der Waals surface area contributed by atoms with Gasteiger partial charge < -0.3 is 10.5 Å². The highest BCUT2D eigenvalue weighted by Gasteiger charge is 2.34. The minimum absolute atomic E-state index is 0.247. The topological polar surface area (TPSA) is 72.6 Å². The fraction of sp³-hybridized carbons (Fsp3) is 0.368. The Labute approximate surface area is 153 Å². The Morgan fingerprint density at radius 2 is 1.96 bits per heavy atom. The molecule has 1 saturated heterocycles. The molecule has 5 nitrogen and oxygen atoms in total. The Morgan fingerprint density at radius 3 is 2.65 bits per heavy atom. The summed E-state index contributed by atoms with van der Waals surface area (Å²) in [6, 6.07) is 13.9. The number of piperidine rings is 1. The van der Waals surface area contributed by atoms with Crippen molar-refractivity contribution in [3.63, 3.8) is 0 Å². The van der Waals surface area contributed by atoms with Crippen molar-refractivity contribution in [3.8, 4) is 5.75 Å². The molecule has 2 unspecified atom stereocenters. The van der Waals surface area contributed by atoms with Gasteiger partial charge in [0.15, 0.2) is 0 Å². The molecule has 1 aliphatic rings. The number of nitrogens with zero attached hydrogens (tertiary/aromatic N) is 1. The molecule has 0 bridgehead atoms. The van der Waals surface area contributed by atoms with Gasteiger partial charge in [-0.25, -0.2) is 12.8 Å². The zero-order valence-corrected chi connectivity index (χ0v) is 15.5. The molecule has 7 heteroatoms. The summed E-state index contributed by atoms with van der Waals surface area (Å²) in [6.07, 6.45) is 1.35. The first kappa shape index (κ1) is 18.8. The standard InChI is InChI=1S/C19H23FN2O3S/c1-26(23,24)22-12-15(18-7-2-3-8-19(18)20)10-17(13-22)25-16-6-4-5-14(9-16)11-21/h2-9,15,17H,10-13,21H2,1H3. The van der Waals surface area contributed by atoms with E-state index in [9.17, 15) is 12.8 Å². The van der Waals surface area contributed by atoms with E-state index in [4.69, 9.17) is 10.5 Å². The molecule has 0 aliphatic carbocycles. The van der Waals surface area contributed by atoms with Crippen LogP contribution in [0.2, 0.25) is 0 Å². The van der Waals surface area contributed by atoms with Gasteiger partial charge >= 0.3 is 0 Å². The normalized spacial score (nSPS) is 21.5. The molecule has 0 aromatic heterocycles. The number of nitrogens with two attached hydrogens (primary N) is 1. The molecule has 0 spiro atoms. The van der Waals surface area contributed by atoms with Crippen LogP contribution in [-0.4, -0.2) is 38.2 Å². The highest BCUT2D eigenvalue weighted by atomic mass is 32.2. The first-order valence-corrected chi connectivity index (χ1v) is 10.4. The minimum Gasteiger partial charge on any atom is -0.489 e. The summed E-state index contributed by atoms with van der Waals surface area (Å²) in [5.74, 6) is 0.0553. The number of halogens is 1. The average Bonchev–Trinajstić information content (AvgIpc) is 2.61. The van der Waals surface area contributed by atoms with Crippen molar-refractivity contribution in [2.24, 2.45) is 5.73 Å². The van der Waals surface area contributed by atoms with Gasteiger partial charge in [-0.3, -0.25) is 0 Å². The van der Waals surface area contributed by atoms with Crippen LogP contribution in [-0.2, 0) is 16.6 Å². The number of rotatable bonds is 5. The molecule has 3 rings (SSSR count). The van der Waals surface area contributed by atoms with Gasteiger partial charge in [0.25, 0.3) is 0 Å². The maximum absolute atomic E-state index is 14.2. The average molecular weight is 378 g/mol. The van der Waals surface area contributed by atoms with Crippen LogP contribution < -0.4 is 10.5 Å². The van der Waals surface area contributed by atoms with Crippen LogP contribution in [0.4, 0.5) is 4.39 Å². The van der Waals surface area contributed by atoms with Crippen molar-refractivity contribution in [1.82, 2.24) is 4.31 Å². The largest absolute Gasteiger partial charge is 0.489 e. The third-order valence-corrected chi connectivity index (χ3v) is 5.87. The Bertz CT molecular complexity index is 873. The minimum atomic E-state index is -3.41. The lowest BCUT2D eigenvalue weighted by atomic mass is 9.90. The van der Waals surface area contributed by atoms with E-state index in [1.54, 1.807) is 18.2 Å². The van der Waals surface area contributed by atoms with Gasteiger partial charge in [0.2, 0.25) is 10.0 Å². The van der Waals surface area contributed by atoms with Crippen LogP contribution in [0.1, 0.15) is 23.5 Å². The molecule has 2 N–H and O–H groups in total. The van der Waals surface area contributed by atoms with Crippen LogP contribution in [0.25, 0.3) is 0 Å². The second-order valence-corrected chi connectivity index (χ2v) is 8.61. The lowest BCUT2D eigenvalue weighted by molar-refractivity contribution is 0.116. The Morgan fingerprint density at radius 1 is 1.19 bits per heavy atom. The van der Waals surface area contributed by atoms with Crippen molar-refractivity contribution in [3.05, 3.63) is 65.5 Å². The lowest BCUT2D eigenvalue weighted by Crippen LogP contribution is -2.47. The number of hydrogen-bond acceptors (Lipinski definition) is 4. The van der Waals surface area contributed by atoms with E-state index in [-0.39, 0.29) is 30.9 Å². The van der Waals surface area contributed by atoms with Gasteiger partial charge in [-0.2, -0.15) is 4.31 Å². The molecule has 0 amide bonds. The SMILES string of the molecule is CS(=O)(=O)N1CC(Oc2cccc(CN)c2)CC(c2ccccc2F)C1. The van der Waals surface area contributed by atoms with E-state index in [1.807, 2.05) is 24.3 Å². The quantitative estimate of drug-likeness (QED) is 0.868. The van der Waals surface area contributed by atoms with Gasteiger partial charge in [-0.15, -0.1) is 0 Å². The second kappa shape index (κ2) is 7.73. The van der Waals surface area contributed by atoms with E-state index in [1.165, 1.54) is 16.6 Å². The summed E-state index contributed by atoms with van der Waals surface area (Å²) < 4.78 is 45.8. The highest BCUT2D eigenvalue weighted by Crippen LogP contribution is 2.32. The molecule has 1 fully saturated rings. The smallest absolute Gasteiger partial charge is 0.211 e. The van der Waals surface area contributed by atoms with Crippen LogP contribution in [0.5, 0.6) is 5.75 Å². The Kier molecular flexibility index (Phi) is 5.60. The van der Waals surface area contributed by atoms with Gasteiger partial charge in [0.05, 0.1) is 12.8 Å². The number of hydrogen-bond donors (Lipinski definition) is 1. The fourth-order valence-electron chi connectivity index (χ4n) is 3.34. The molecule has 1 aliphatic heterocycles. The fourth-order valence-corrected chi connectivity index (χ4v) is 4.23. The first-order valence-electron chi connectivity index (χ1n) is 8.52. The zero-order valence-electron chi connectivity index (χ0n) is 14.6. The summed E-state index contributed by atoms with van der Waals surface area (Å²) in [7, 11) is -3.41. The van der Waals surface area contributed by atoms with Gasteiger partial charge in [0.1, 0.15) is 17.7 Å². The van der Waals surface area contributed by atoms with Crippen molar-refractivity contribution in [1.29, 1.82) is 0 Å².